The Kier molecular flexibility index (Phi) is 52.4. The summed E-state index contributed by atoms with van der Waals surface area (Å²) in [6, 6.07) is 55.5. The molecule has 23 heteroatoms. The molecule has 758 valence electrons. The van der Waals surface area contributed by atoms with E-state index in [1.165, 1.54) is 67.2 Å². The van der Waals surface area contributed by atoms with Crippen LogP contribution in [0.15, 0.2) is 194 Å². The van der Waals surface area contributed by atoms with Crippen LogP contribution in [0, 0.1) is 25.7 Å². The number of hydrogen-bond donors (Lipinski definition) is 6. The smallest absolute Gasteiger partial charge is 0.285 e. The SMILES string of the molecule is CC(C)C1NC(=O)C(C(C)C)NC1=O.CCC(CC)ON1C(=O)c2ccccc2C1=O.CCC(O)CN1CCN(CC(O)CC)CC1.CCCC1NC(=O)C(CCC)NC1=O.CCN1CCN(CC)CC1.CCc1c(-c2ccccc2)oc(-c2ccccc2)c(CC)c1=O.CCc1cc(C)nc(C)c1CC.CCc1ccccc1CC.CCc1oc(CC)c(-c2ccccc2)c(=O)c1-c1ccccc1. The highest BCUT2D eigenvalue weighted by Crippen LogP contribution is 2.33. The number of benzene rings is 6. The van der Waals surface area contributed by atoms with Gasteiger partial charge in [0.25, 0.3) is 11.8 Å². The Bertz CT molecular complexity index is 5020. The number of aliphatic hydroxyl groups excluding tert-OH is 2. The lowest BCUT2D eigenvalue weighted by molar-refractivity contribution is -0.138. The fourth-order valence-corrected chi connectivity index (χ4v) is 17.3. The number of β-amino-alcohol motifs (C(OH)–C–C–N with tert-alkyl or cyclic N) is 2. The third-order valence-corrected chi connectivity index (χ3v) is 25.8. The molecule has 6 unspecified atom stereocenters. The van der Waals surface area contributed by atoms with E-state index < -0.39 is 0 Å². The molecule has 6 aromatic carbocycles. The lowest BCUT2D eigenvalue weighted by atomic mass is 9.95. The predicted molar refractivity (Wildman–Crippen MR) is 566 cm³/mol. The van der Waals surface area contributed by atoms with E-state index in [1.807, 2.05) is 218 Å². The van der Waals surface area contributed by atoms with Gasteiger partial charge in [0.1, 0.15) is 47.2 Å². The van der Waals surface area contributed by atoms with Gasteiger partial charge in [-0.2, -0.15) is 0 Å². The summed E-state index contributed by atoms with van der Waals surface area (Å²) < 4.78 is 12.4. The predicted octanol–water partition coefficient (Wildman–Crippen LogP) is 19.9. The number of aliphatic hydroxyl groups is 2. The highest BCUT2D eigenvalue weighted by Gasteiger charge is 2.39. The monoisotopic (exact) mass is 1910 g/mol. The number of carbonyl (C=O) groups is 6. The number of aromatic nitrogens is 1. The largest absolute Gasteiger partial charge is 0.465 e. The summed E-state index contributed by atoms with van der Waals surface area (Å²) in [6.45, 7) is 58.2. The zero-order chi connectivity index (χ0) is 102. The first-order valence-corrected chi connectivity index (χ1v) is 51.6. The van der Waals surface area contributed by atoms with Crippen LogP contribution in [0.4, 0.5) is 0 Å². The zero-order valence-corrected chi connectivity index (χ0v) is 87.8. The number of pyridine rings is 1. The minimum Gasteiger partial charge on any atom is -0.465 e. The Morgan fingerprint density at radius 3 is 1.02 bits per heavy atom. The first kappa shape index (κ1) is 117. The minimum atomic E-state index is -0.377. The molecule has 0 saturated carbocycles. The van der Waals surface area contributed by atoms with Crippen molar-refractivity contribution in [2.75, 3.05) is 78.5 Å². The van der Waals surface area contributed by atoms with Gasteiger partial charge < -0.3 is 50.1 Å². The average molecular weight is 1910 g/mol. The summed E-state index contributed by atoms with van der Waals surface area (Å²) in [6.07, 6.45) is 13.2. The molecule has 0 bridgehead atoms. The second-order valence-electron chi connectivity index (χ2n) is 36.4. The molecule has 9 aromatic rings. The van der Waals surface area contributed by atoms with Crippen LogP contribution in [0.1, 0.15) is 267 Å². The number of carbonyl (C=O) groups excluding carboxylic acids is 6. The first-order valence-electron chi connectivity index (χ1n) is 51.6. The number of aryl methyl sites for hydroxylation is 7. The second kappa shape index (κ2) is 62.3. The molecule has 4 fully saturated rings. The van der Waals surface area contributed by atoms with Crippen molar-refractivity contribution in [3.63, 3.8) is 0 Å². The first-order chi connectivity index (χ1) is 66.9. The van der Waals surface area contributed by atoms with E-state index in [0.717, 1.165) is 172 Å². The van der Waals surface area contributed by atoms with Gasteiger partial charge in [-0.15, -0.1) is 5.06 Å². The number of hydrogen-bond acceptors (Lipinski definition) is 18. The summed E-state index contributed by atoms with van der Waals surface area (Å²) in [5.74, 6) is 2.22. The van der Waals surface area contributed by atoms with E-state index in [9.17, 15) is 48.6 Å². The Labute approximate surface area is 830 Å². The second-order valence-corrected chi connectivity index (χ2v) is 36.4. The molecule has 0 spiro atoms. The van der Waals surface area contributed by atoms with E-state index >= 15 is 0 Å². The van der Waals surface area contributed by atoms with E-state index in [-0.39, 0.29) is 101 Å². The van der Waals surface area contributed by atoms with Crippen molar-refractivity contribution in [3.05, 3.63) is 264 Å². The fourth-order valence-electron chi connectivity index (χ4n) is 17.3. The zero-order valence-electron chi connectivity index (χ0n) is 87.8. The molecule has 3 aromatic heterocycles. The highest BCUT2D eigenvalue weighted by atomic mass is 16.7. The van der Waals surface area contributed by atoms with Gasteiger partial charge in [0, 0.05) is 112 Å². The summed E-state index contributed by atoms with van der Waals surface area (Å²) in [4.78, 5) is 116. The van der Waals surface area contributed by atoms with Gasteiger partial charge in [0.15, 0.2) is 5.43 Å². The van der Waals surface area contributed by atoms with Crippen molar-refractivity contribution < 1.29 is 52.7 Å². The van der Waals surface area contributed by atoms with Crippen molar-refractivity contribution in [2.45, 2.75) is 298 Å². The molecule has 0 radical (unpaired) electrons. The Morgan fingerprint density at radius 1 is 0.374 bits per heavy atom. The number of rotatable bonds is 30. The van der Waals surface area contributed by atoms with Gasteiger partial charge in [-0.1, -0.05) is 309 Å². The van der Waals surface area contributed by atoms with Crippen LogP contribution in [0.2, 0.25) is 0 Å². The topological polar surface area (TPSA) is 290 Å². The molecular weight excluding hydrogens is 1740 g/mol. The lowest BCUT2D eigenvalue weighted by Crippen LogP contribution is -2.64. The standard InChI is InChI=1S/2C21H20O2.C13H15NO3.C12H26N2O2.C11H17N.2C10H18N2O2.C10H14.C8H18N2/c1-3-17-19(22)18(4-2)21(16-13-9-6-10-14-16)23-20(17)15-11-7-5-8-12-15;1-3-17-19(15-11-7-5-8-12-15)21(22)20(18(4-2)23-17)16-13-9-6-10-14-16;1-3-9(4-2)17-14-12(15)10-7-5-6-8-11(10)13(14)16;1-3-11(15)9-13-5-7-14(8-6-13)10-12(16)4-2;1-5-10-7-8(3)12-9(4)11(10)6-2;1-5(2)7-9(13)12-8(6(3)4)10(14)11-7;1-3-5-7-9(13)12-8(6-4-2)10(14)11-7;1-3-9-7-5-6-8-10(9)4-2;1-3-9-5-7-10(4-2)8-6-9/h2*5-14H,3-4H2,1-2H3;5-9H,3-4H2,1-2H3;11-12,15-16H,3-10H2,1-2H3;7H,5-6H2,1-4H3;5-8H,1-4H3,(H,11,14)(H,12,13);7-8H,3-6H2,1-2H3,(H,11,14)(H,12,13);5-8H,3-4H2,1-2H3;3-8H2,1-2H3. The minimum absolute atomic E-state index is 0.0371. The molecular formula is C116H166N10O13. The van der Waals surface area contributed by atoms with Crippen LogP contribution in [0.25, 0.3) is 44.9 Å². The maximum absolute atomic E-state index is 13.3. The van der Waals surface area contributed by atoms with E-state index in [1.54, 1.807) is 24.3 Å². The Morgan fingerprint density at radius 2 is 0.712 bits per heavy atom. The third kappa shape index (κ3) is 35.4. The summed E-state index contributed by atoms with van der Waals surface area (Å²) in [7, 11) is 0. The van der Waals surface area contributed by atoms with Crippen LogP contribution in [0.3, 0.4) is 0 Å². The molecule has 5 aliphatic rings. The van der Waals surface area contributed by atoms with E-state index in [0.29, 0.717) is 59.5 Å². The normalized spacial score (nSPS) is 16.8. The van der Waals surface area contributed by atoms with Crippen LogP contribution in [-0.2, 0) is 75.4 Å². The number of likely N-dealkylation sites (N-methyl/N-ethyl adjacent to an activating group) is 2. The maximum Gasteiger partial charge on any atom is 0.285 e. The molecule has 5 aliphatic heterocycles. The maximum atomic E-state index is 13.3. The molecule has 139 heavy (non-hydrogen) atoms. The number of nitrogens with one attached hydrogen (secondary N) is 4. The summed E-state index contributed by atoms with van der Waals surface area (Å²) in [5.41, 5.74) is 15.8. The lowest BCUT2D eigenvalue weighted by Gasteiger charge is -2.36. The number of hydroxylamine groups is 2. The number of piperazine rings is 4. The number of amides is 6. The molecule has 6 N–H and O–H groups in total. The van der Waals surface area contributed by atoms with Crippen LogP contribution < -0.4 is 32.1 Å². The van der Waals surface area contributed by atoms with Crippen molar-refractivity contribution in [1.82, 2.24) is 50.9 Å². The van der Waals surface area contributed by atoms with Gasteiger partial charge in [-0.3, -0.25) is 58.0 Å². The van der Waals surface area contributed by atoms with Gasteiger partial charge in [-0.25, -0.2) is 0 Å². The molecule has 8 heterocycles. The molecule has 6 atom stereocenters. The van der Waals surface area contributed by atoms with Crippen LogP contribution in [0.5, 0.6) is 0 Å². The van der Waals surface area contributed by atoms with Gasteiger partial charge in [-0.05, 0) is 167 Å². The van der Waals surface area contributed by atoms with Crippen molar-refractivity contribution in [3.8, 4) is 44.9 Å². The molecule has 6 amide bonds. The summed E-state index contributed by atoms with van der Waals surface area (Å²) >= 11 is 0. The fraction of sp³-hybridized carbons (Fsp3) is 0.509. The average Bonchev–Trinajstić information content (AvgIpc) is 1.10. The van der Waals surface area contributed by atoms with Crippen molar-refractivity contribution in [2.24, 2.45) is 11.8 Å². The molecule has 4 saturated heterocycles. The summed E-state index contributed by atoms with van der Waals surface area (Å²) in [5, 5.41) is 31.0. The van der Waals surface area contributed by atoms with Crippen molar-refractivity contribution in [1.29, 1.82) is 0 Å². The number of nitrogens with zero attached hydrogens (tertiary/aromatic N) is 6. The van der Waals surface area contributed by atoms with Gasteiger partial charge in [0.05, 0.1) is 40.6 Å². The number of imide groups is 1. The van der Waals surface area contributed by atoms with Crippen LogP contribution in [-0.4, -0.2) is 196 Å². The Hall–Kier alpha value is -10.9. The van der Waals surface area contributed by atoms with Crippen LogP contribution >= 0.6 is 0 Å². The molecule has 14 rings (SSSR count). The van der Waals surface area contributed by atoms with Gasteiger partial charge >= 0.3 is 0 Å². The quantitative estimate of drug-likeness (QED) is 0.0228. The van der Waals surface area contributed by atoms with E-state index in [2.05, 4.69) is 132 Å². The van der Waals surface area contributed by atoms with E-state index in [4.69, 9.17) is 13.7 Å². The molecule has 23 nitrogen and oxygen atoms in total. The van der Waals surface area contributed by atoms with Crippen molar-refractivity contribution >= 4 is 35.4 Å². The number of fused-ring (bicyclic) bond motifs is 1. The van der Waals surface area contributed by atoms with Gasteiger partial charge in [0.2, 0.25) is 29.1 Å². The molecule has 0 aliphatic carbocycles. The Balaban J connectivity index is 0.000000243. The third-order valence-electron chi connectivity index (χ3n) is 25.8. The highest BCUT2D eigenvalue weighted by molar-refractivity contribution is 6.20.